The molecule has 0 bridgehead atoms. The van der Waals surface area contributed by atoms with Crippen LogP contribution >= 0.6 is 11.3 Å². The van der Waals surface area contributed by atoms with Gasteiger partial charge in [-0.1, -0.05) is 18.9 Å². The van der Waals surface area contributed by atoms with Crippen molar-refractivity contribution >= 4 is 17.0 Å². The average molecular weight is 549 g/mol. The van der Waals surface area contributed by atoms with E-state index in [1.807, 2.05) is 23.5 Å². The first-order valence-electron chi connectivity index (χ1n) is 14.7. The largest absolute Gasteiger partial charge is 0.508 e. The third kappa shape index (κ3) is 6.72. The number of phenolic OH excluding ortho intramolecular Hbond substituents is 1. The first-order valence-corrected chi connectivity index (χ1v) is 15.5. The van der Waals surface area contributed by atoms with Gasteiger partial charge in [0.1, 0.15) is 5.75 Å². The quantitative estimate of drug-likeness (QED) is 0.291. The molecule has 1 saturated heterocycles. The molecule has 0 amide bonds. The van der Waals surface area contributed by atoms with Gasteiger partial charge in [0.05, 0.1) is 20.8 Å². The van der Waals surface area contributed by atoms with E-state index in [0.717, 1.165) is 50.3 Å². The van der Waals surface area contributed by atoms with Crippen molar-refractivity contribution in [2.45, 2.75) is 70.8 Å². The van der Waals surface area contributed by atoms with Crippen molar-refractivity contribution in [3.63, 3.8) is 0 Å². The Morgan fingerprint density at radius 3 is 2.41 bits per heavy atom. The van der Waals surface area contributed by atoms with E-state index in [1.54, 1.807) is 14.2 Å². The van der Waals surface area contributed by atoms with Crippen molar-refractivity contribution in [1.29, 1.82) is 0 Å². The number of fused-ring (bicyclic) bond motifs is 1. The van der Waals surface area contributed by atoms with Crippen molar-refractivity contribution in [2.75, 3.05) is 45.3 Å². The molecule has 0 radical (unpaired) electrons. The highest BCUT2D eigenvalue weighted by atomic mass is 32.1. The maximum absolute atomic E-state index is 9.96. The molecule has 1 aliphatic carbocycles. The molecule has 1 unspecified atom stereocenters. The minimum Gasteiger partial charge on any atom is -0.508 e. The summed E-state index contributed by atoms with van der Waals surface area (Å²) in [5.41, 5.74) is 5.17. The summed E-state index contributed by atoms with van der Waals surface area (Å²) in [7, 11) is 3.44. The zero-order valence-corrected chi connectivity index (χ0v) is 24.7. The van der Waals surface area contributed by atoms with Gasteiger partial charge in [-0.05, 0) is 111 Å². The van der Waals surface area contributed by atoms with Gasteiger partial charge in [-0.15, -0.1) is 11.3 Å². The maximum Gasteiger partial charge on any atom is 0.162 e. The first kappa shape index (κ1) is 27.9. The molecule has 2 aliphatic rings. The van der Waals surface area contributed by atoms with E-state index in [-0.39, 0.29) is 0 Å². The lowest BCUT2D eigenvalue weighted by Gasteiger charge is -2.32. The molecule has 1 fully saturated rings. The minimum atomic E-state index is 0.359. The summed E-state index contributed by atoms with van der Waals surface area (Å²) in [4.78, 5) is 8.05. The third-order valence-electron chi connectivity index (χ3n) is 8.55. The number of phenols is 1. The number of thiophene rings is 1. The summed E-state index contributed by atoms with van der Waals surface area (Å²) >= 11 is 1.97. The lowest BCUT2D eigenvalue weighted by atomic mass is 9.79. The Balaban J connectivity index is 1.36. The number of benzene rings is 2. The standard InChI is InChI=1S/C33H44N2O3S/c1-4-35(23-29-14-13-28(39-29)15-18-34-16-7-5-6-8-17-34)31-22-33(38-3)32(37-2)21-30(31)26-10-9-25-20-27(36)12-11-24(25)19-26/h11-14,20-22,26,36H,4-10,15-19,23H2,1-3H3. The van der Waals surface area contributed by atoms with E-state index in [2.05, 4.69) is 47.1 Å². The zero-order valence-electron chi connectivity index (χ0n) is 23.9. The van der Waals surface area contributed by atoms with Gasteiger partial charge in [-0.2, -0.15) is 0 Å². The van der Waals surface area contributed by atoms with Gasteiger partial charge < -0.3 is 24.4 Å². The van der Waals surface area contributed by atoms with Gasteiger partial charge in [0.25, 0.3) is 0 Å². The third-order valence-corrected chi connectivity index (χ3v) is 9.68. The fourth-order valence-electron chi connectivity index (χ4n) is 6.32. The number of ether oxygens (including phenoxy) is 2. The number of hydrogen-bond acceptors (Lipinski definition) is 6. The summed E-state index contributed by atoms with van der Waals surface area (Å²) in [6.07, 6.45) is 9.62. The van der Waals surface area contributed by atoms with Gasteiger partial charge in [-0.25, -0.2) is 0 Å². The molecule has 5 nitrogen and oxygen atoms in total. The smallest absolute Gasteiger partial charge is 0.162 e. The van der Waals surface area contributed by atoms with Crippen LogP contribution in [0.3, 0.4) is 0 Å². The normalized spacial score (nSPS) is 17.9. The van der Waals surface area contributed by atoms with Crippen molar-refractivity contribution in [3.05, 3.63) is 68.9 Å². The summed E-state index contributed by atoms with van der Waals surface area (Å²) in [5.74, 6) is 2.31. The van der Waals surface area contributed by atoms with Crippen LogP contribution in [-0.4, -0.2) is 50.4 Å². The number of nitrogens with zero attached hydrogens (tertiary/aromatic N) is 2. The van der Waals surface area contributed by atoms with Crippen LogP contribution in [-0.2, 0) is 25.8 Å². The number of anilines is 1. The predicted molar refractivity (Wildman–Crippen MR) is 162 cm³/mol. The second-order valence-electron chi connectivity index (χ2n) is 11.0. The second kappa shape index (κ2) is 13.1. The molecule has 1 N–H and O–H groups in total. The zero-order chi connectivity index (χ0) is 27.2. The highest BCUT2D eigenvalue weighted by Crippen LogP contribution is 2.44. The van der Waals surface area contributed by atoms with Gasteiger partial charge in [0, 0.05) is 34.6 Å². The molecule has 0 saturated carbocycles. The highest BCUT2D eigenvalue weighted by molar-refractivity contribution is 7.12. The Labute approximate surface area is 238 Å². The van der Waals surface area contributed by atoms with Crippen LogP contribution in [0.1, 0.15) is 71.4 Å². The second-order valence-corrected chi connectivity index (χ2v) is 12.3. The Bertz CT molecular complexity index is 1230. The van der Waals surface area contributed by atoms with Crippen LogP contribution in [0, 0.1) is 0 Å². The van der Waals surface area contributed by atoms with Crippen LogP contribution in [0.2, 0.25) is 0 Å². The van der Waals surface area contributed by atoms with Crippen LogP contribution < -0.4 is 14.4 Å². The average Bonchev–Trinajstić information content (AvgIpc) is 3.25. The van der Waals surface area contributed by atoms with Crippen LogP contribution in [0.4, 0.5) is 5.69 Å². The molecule has 2 aromatic carbocycles. The van der Waals surface area contributed by atoms with Gasteiger partial charge in [-0.3, -0.25) is 0 Å². The molecule has 3 aromatic rings. The molecular weight excluding hydrogens is 504 g/mol. The molecule has 5 rings (SSSR count). The van der Waals surface area contributed by atoms with E-state index in [4.69, 9.17) is 9.47 Å². The van der Waals surface area contributed by atoms with Crippen molar-refractivity contribution < 1.29 is 14.6 Å². The van der Waals surface area contributed by atoms with E-state index >= 15 is 0 Å². The molecule has 39 heavy (non-hydrogen) atoms. The number of rotatable bonds is 10. The fourth-order valence-corrected chi connectivity index (χ4v) is 7.34. The van der Waals surface area contributed by atoms with Crippen molar-refractivity contribution in [1.82, 2.24) is 4.90 Å². The predicted octanol–water partition coefficient (Wildman–Crippen LogP) is 7.19. The first-order chi connectivity index (χ1) is 19.1. The molecule has 0 spiro atoms. The van der Waals surface area contributed by atoms with Crippen LogP contribution in [0.25, 0.3) is 0 Å². The summed E-state index contributed by atoms with van der Waals surface area (Å²) in [6, 6.07) is 14.9. The topological polar surface area (TPSA) is 45.2 Å². The molecule has 1 aromatic heterocycles. The summed E-state index contributed by atoms with van der Waals surface area (Å²) in [5, 5.41) is 9.96. The molecule has 210 valence electrons. The Morgan fingerprint density at radius 1 is 0.923 bits per heavy atom. The lowest BCUT2D eigenvalue weighted by Crippen LogP contribution is -2.26. The van der Waals surface area contributed by atoms with E-state index in [1.165, 1.54) is 77.4 Å². The van der Waals surface area contributed by atoms with E-state index in [0.29, 0.717) is 11.7 Å². The Morgan fingerprint density at radius 2 is 1.67 bits per heavy atom. The van der Waals surface area contributed by atoms with Crippen LogP contribution in [0.15, 0.2) is 42.5 Å². The lowest BCUT2D eigenvalue weighted by molar-refractivity contribution is 0.289. The van der Waals surface area contributed by atoms with Gasteiger partial charge in [0.2, 0.25) is 0 Å². The molecule has 6 heteroatoms. The van der Waals surface area contributed by atoms with Crippen LogP contribution in [0.5, 0.6) is 17.2 Å². The Kier molecular flexibility index (Phi) is 9.36. The monoisotopic (exact) mass is 548 g/mol. The molecule has 1 aliphatic heterocycles. The molecular formula is C33H44N2O3S. The number of hydrogen-bond donors (Lipinski definition) is 1. The van der Waals surface area contributed by atoms with Crippen molar-refractivity contribution in [2.24, 2.45) is 0 Å². The minimum absolute atomic E-state index is 0.359. The van der Waals surface area contributed by atoms with E-state index < -0.39 is 0 Å². The summed E-state index contributed by atoms with van der Waals surface area (Å²) < 4.78 is 11.5. The number of likely N-dealkylation sites (tertiary alicyclic amines) is 1. The number of methoxy groups -OCH3 is 2. The van der Waals surface area contributed by atoms with Gasteiger partial charge >= 0.3 is 0 Å². The molecule has 2 heterocycles. The van der Waals surface area contributed by atoms with E-state index in [9.17, 15) is 5.11 Å². The summed E-state index contributed by atoms with van der Waals surface area (Å²) in [6.45, 7) is 7.75. The maximum atomic E-state index is 9.96. The molecule has 1 atom stereocenters. The number of aryl methyl sites for hydroxylation is 1. The number of aromatic hydroxyl groups is 1. The SMILES string of the molecule is CCN(Cc1ccc(CCN2CCCCCC2)s1)c1cc(OC)c(OC)cc1C1CCc2cc(O)ccc2C1. The Hall–Kier alpha value is -2.70. The van der Waals surface area contributed by atoms with Crippen molar-refractivity contribution in [3.8, 4) is 17.2 Å². The highest BCUT2D eigenvalue weighted by Gasteiger charge is 2.26. The van der Waals surface area contributed by atoms with Gasteiger partial charge in [0.15, 0.2) is 11.5 Å². The fraction of sp³-hybridized carbons (Fsp3) is 0.515.